The lowest BCUT2D eigenvalue weighted by molar-refractivity contribution is -0.147. The molecule has 0 bridgehead atoms. The smallest absolute Gasteiger partial charge is 0.411 e. The maximum absolute atomic E-state index is 13.2. The molecular formula is C19H24FNO6. The second-order valence-electron chi connectivity index (χ2n) is 7.28. The Morgan fingerprint density at radius 3 is 2.56 bits per heavy atom. The molecule has 148 valence electrons. The minimum atomic E-state index is -0.912. The summed E-state index contributed by atoms with van der Waals surface area (Å²) in [5.74, 6) is -1.82. The molecule has 0 aliphatic carbocycles. The molecule has 1 aromatic carbocycles. The SMILES string of the molecule is CO[C@@H]1C[C@@H](C(=O)OCC(=O)c2cccc(F)c2)N(C(=O)OC(C)(C)C)C1. The summed E-state index contributed by atoms with van der Waals surface area (Å²) >= 11 is 0. The molecule has 1 heterocycles. The van der Waals surface area contributed by atoms with E-state index in [0.717, 1.165) is 6.07 Å². The molecule has 1 amide bonds. The van der Waals surface area contributed by atoms with Gasteiger partial charge in [-0.15, -0.1) is 0 Å². The number of ether oxygens (including phenoxy) is 3. The summed E-state index contributed by atoms with van der Waals surface area (Å²) in [7, 11) is 1.49. The van der Waals surface area contributed by atoms with Crippen LogP contribution in [0.15, 0.2) is 24.3 Å². The van der Waals surface area contributed by atoms with Gasteiger partial charge in [0.15, 0.2) is 12.4 Å². The van der Waals surface area contributed by atoms with Gasteiger partial charge in [-0.1, -0.05) is 12.1 Å². The lowest BCUT2D eigenvalue weighted by Crippen LogP contribution is -2.44. The van der Waals surface area contributed by atoms with Crippen LogP contribution in [0.2, 0.25) is 0 Å². The van der Waals surface area contributed by atoms with Crippen LogP contribution < -0.4 is 0 Å². The Morgan fingerprint density at radius 2 is 1.96 bits per heavy atom. The Kier molecular flexibility index (Phi) is 6.54. The van der Waals surface area contributed by atoms with Crippen molar-refractivity contribution < 1.29 is 33.0 Å². The second-order valence-corrected chi connectivity index (χ2v) is 7.28. The topological polar surface area (TPSA) is 82.1 Å². The van der Waals surface area contributed by atoms with Gasteiger partial charge >= 0.3 is 12.1 Å². The fourth-order valence-electron chi connectivity index (χ4n) is 2.69. The summed E-state index contributed by atoms with van der Waals surface area (Å²) in [6.07, 6.45) is -0.752. The Bertz CT molecular complexity index is 714. The molecule has 2 atom stereocenters. The van der Waals surface area contributed by atoms with E-state index in [2.05, 4.69) is 0 Å². The lowest BCUT2D eigenvalue weighted by atomic mass is 10.1. The van der Waals surface area contributed by atoms with Crippen LogP contribution in [0.25, 0.3) is 0 Å². The summed E-state index contributed by atoms with van der Waals surface area (Å²) in [4.78, 5) is 38.1. The van der Waals surface area contributed by atoms with Crippen molar-refractivity contribution in [2.75, 3.05) is 20.3 Å². The summed E-state index contributed by atoms with van der Waals surface area (Å²) in [6.45, 7) is 4.81. The first-order valence-corrected chi connectivity index (χ1v) is 8.58. The number of esters is 1. The van der Waals surface area contributed by atoms with Crippen molar-refractivity contribution in [3.05, 3.63) is 35.6 Å². The van der Waals surface area contributed by atoms with Crippen molar-refractivity contribution in [2.24, 2.45) is 0 Å². The monoisotopic (exact) mass is 381 g/mol. The van der Waals surface area contributed by atoms with Crippen LogP contribution >= 0.6 is 0 Å². The number of likely N-dealkylation sites (tertiary alicyclic amines) is 1. The van der Waals surface area contributed by atoms with Gasteiger partial charge in [0.05, 0.1) is 12.6 Å². The molecule has 1 aromatic rings. The number of methoxy groups -OCH3 is 1. The van der Waals surface area contributed by atoms with E-state index in [1.54, 1.807) is 20.8 Å². The molecule has 7 nitrogen and oxygen atoms in total. The first-order valence-electron chi connectivity index (χ1n) is 8.58. The minimum Gasteiger partial charge on any atom is -0.456 e. The number of carbonyl (C=O) groups excluding carboxylic acids is 3. The first kappa shape index (κ1) is 20.8. The summed E-state index contributed by atoms with van der Waals surface area (Å²) in [6, 6.07) is 4.20. The number of rotatable bonds is 5. The average Bonchev–Trinajstić information content (AvgIpc) is 3.02. The van der Waals surface area contributed by atoms with Crippen LogP contribution in [0.3, 0.4) is 0 Å². The fourth-order valence-corrected chi connectivity index (χ4v) is 2.69. The van der Waals surface area contributed by atoms with Crippen LogP contribution in [0, 0.1) is 5.82 Å². The normalized spacial score (nSPS) is 19.7. The summed E-state index contributed by atoms with van der Waals surface area (Å²) in [5, 5.41) is 0. The van der Waals surface area contributed by atoms with Crippen molar-refractivity contribution in [2.45, 2.75) is 44.9 Å². The third-order valence-electron chi connectivity index (χ3n) is 3.99. The van der Waals surface area contributed by atoms with Crippen LogP contribution in [-0.2, 0) is 19.0 Å². The quantitative estimate of drug-likeness (QED) is 0.576. The average molecular weight is 381 g/mol. The van der Waals surface area contributed by atoms with Crippen molar-refractivity contribution >= 4 is 17.8 Å². The van der Waals surface area contributed by atoms with E-state index in [0.29, 0.717) is 0 Å². The number of amides is 1. The van der Waals surface area contributed by atoms with E-state index in [1.807, 2.05) is 0 Å². The molecule has 0 unspecified atom stereocenters. The Hall–Kier alpha value is -2.48. The Labute approximate surface area is 157 Å². The predicted molar refractivity (Wildman–Crippen MR) is 93.8 cm³/mol. The molecule has 1 fully saturated rings. The van der Waals surface area contributed by atoms with E-state index in [1.165, 1.54) is 30.2 Å². The van der Waals surface area contributed by atoms with E-state index in [9.17, 15) is 18.8 Å². The van der Waals surface area contributed by atoms with Gasteiger partial charge in [0, 0.05) is 19.1 Å². The van der Waals surface area contributed by atoms with Gasteiger partial charge in [-0.2, -0.15) is 0 Å². The van der Waals surface area contributed by atoms with Gasteiger partial charge in [0.25, 0.3) is 0 Å². The number of ketones is 1. The van der Waals surface area contributed by atoms with Gasteiger partial charge < -0.3 is 14.2 Å². The molecule has 1 saturated heterocycles. The highest BCUT2D eigenvalue weighted by Crippen LogP contribution is 2.24. The molecule has 27 heavy (non-hydrogen) atoms. The highest BCUT2D eigenvalue weighted by atomic mass is 19.1. The number of nitrogens with zero attached hydrogens (tertiary/aromatic N) is 1. The zero-order chi connectivity index (χ0) is 20.2. The van der Waals surface area contributed by atoms with E-state index >= 15 is 0 Å². The highest BCUT2D eigenvalue weighted by molar-refractivity contribution is 5.98. The molecule has 0 spiro atoms. The Balaban J connectivity index is 2.01. The molecule has 1 aliphatic rings. The number of hydrogen-bond acceptors (Lipinski definition) is 6. The minimum absolute atomic E-state index is 0.105. The maximum atomic E-state index is 13.2. The largest absolute Gasteiger partial charge is 0.456 e. The molecule has 8 heteroatoms. The Morgan fingerprint density at radius 1 is 1.26 bits per heavy atom. The van der Waals surface area contributed by atoms with Crippen LogP contribution in [0.4, 0.5) is 9.18 Å². The molecule has 1 aliphatic heterocycles. The molecule has 2 rings (SSSR count). The van der Waals surface area contributed by atoms with E-state index in [-0.39, 0.29) is 24.6 Å². The summed E-state index contributed by atoms with van der Waals surface area (Å²) < 4.78 is 28.8. The molecular weight excluding hydrogens is 357 g/mol. The van der Waals surface area contributed by atoms with Crippen molar-refractivity contribution in [1.29, 1.82) is 0 Å². The molecule has 0 saturated carbocycles. The first-order chi connectivity index (χ1) is 12.6. The third kappa shape index (κ3) is 5.75. The van der Waals surface area contributed by atoms with Crippen molar-refractivity contribution in [3.63, 3.8) is 0 Å². The van der Waals surface area contributed by atoms with Gasteiger partial charge in [-0.05, 0) is 32.9 Å². The van der Waals surface area contributed by atoms with Crippen LogP contribution in [-0.4, -0.2) is 60.8 Å². The van der Waals surface area contributed by atoms with Gasteiger partial charge in [-0.3, -0.25) is 9.69 Å². The van der Waals surface area contributed by atoms with Crippen molar-refractivity contribution in [1.82, 2.24) is 4.90 Å². The number of benzene rings is 1. The van der Waals surface area contributed by atoms with Gasteiger partial charge in [0.1, 0.15) is 17.5 Å². The molecule has 0 radical (unpaired) electrons. The number of halogens is 1. The zero-order valence-corrected chi connectivity index (χ0v) is 15.9. The zero-order valence-electron chi connectivity index (χ0n) is 15.9. The van der Waals surface area contributed by atoms with Crippen LogP contribution in [0.5, 0.6) is 0 Å². The fraction of sp³-hybridized carbons (Fsp3) is 0.526. The van der Waals surface area contributed by atoms with E-state index in [4.69, 9.17) is 14.2 Å². The van der Waals surface area contributed by atoms with E-state index < -0.39 is 41.9 Å². The number of Topliss-reactive ketones (excluding diaryl/α,β-unsaturated/α-hetero) is 1. The summed E-state index contributed by atoms with van der Waals surface area (Å²) in [5.41, 5.74) is -0.614. The molecule has 0 N–H and O–H groups in total. The third-order valence-corrected chi connectivity index (χ3v) is 3.99. The van der Waals surface area contributed by atoms with Crippen LogP contribution in [0.1, 0.15) is 37.6 Å². The van der Waals surface area contributed by atoms with Gasteiger partial charge in [0.2, 0.25) is 0 Å². The van der Waals surface area contributed by atoms with Crippen molar-refractivity contribution in [3.8, 4) is 0 Å². The standard InChI is InChI=1S/C19H24FNO6/c1-19(2,3)27-18(24)21-10-14(25-4)9-15(21)17(23)26-11-16(22)12-6-5-7-13(20)8-12/h5-8,14-15H,9-11H2,1-4H3/t14-,15+/m1/s1. The number of hydrogen-bond donors (Lipinski definition) is 0. The molecule has 0 aromatic heterocycles. The number of carbonyl (C=O) groups is 3. The van der Waals surface area contributed by atoms with Gasteiger partial charge in [-0.25, -0.2) is 14.0 Å². The second kappa shape index (κ2) is 8.47. The lowest BCUT2D eigenvalue weighted by Gasteiger charge is -2.27. The maximum Gasteiger partial charge on any atom is 0.411 e. The highest BCUT2D eigenvalue weighted by Gasteiger charge is 2.42. The predicted octanol–water partition coefficient (Wildman–Crippen LogP) is 2.58.